The van der Waals surface area contributed by atoms with E-state index < -0.39 is 10.8 Å². The zero-order valence-corrected chi connectivity index (χ0v) is 15.8. The molecule has 1 aliphatic rings. The van der Waals surface area contributed by atoms with Crippen molar-refractivity contribution in [2.24, 2.45) is 0 Å². The van der Waals surface area contributed by atoms with Crippen LogP contribution < -0.4 is 11.0 Å². The fourth-order valence-corrected chi connectivity index (χ4v) is 3.14. The molecule has 1 heterocycles. The molecule has 0 atom stereocenters. The maximum atomic E-state index is 13.2. The number of nitro benzene ring substituents is 1. The van der Waals surface area contributed by atoms with E-state index in [1.807, 2.05) is 0 Å². The highest BCUT2D eigenvalue weighted by molar-refractivity contribution is 5.94. The number of nitro groups is 1. The number of non-ortho nitro benzene ring substituents is 1. The van der Waals surface area contributed by atoms with Crippen LogP contribution in [0.15, 0.2) is 53.3 Å². The molecule has 30 heavy (non-hydrogen) atoms. The van der Waals surface area contributed by atoms with Crippen LogP contribution in [0.4, 0.5) is 10.1 Å². The smallest absolute Gasteiger partial charge is 0.346 e. The number of carbonyl (C=O) groups is 1. The van der Waals surface area contributed by atoms with Crippen molar-refractivity contribution in [1.29, 1.82) is 0 Å². The molecule has 0 saturated heterocycles. The molecule has 3 aromatic rings. The van der Waals surface area contributed by atoms with E-state index in [2.05, 4.69) is 10.4 Å². The van der Waals surface area contributed by atoms with Crippen LogP contribution in [0.3, 0.4) is 0 Å². The third-order valence-electron chi connectivity index (χ3n) is 4.83. The van der Waals surface area contributed by atoms with E-state index in [0.717, 1.165) is 12.8 Å². The van der Waals surface area contributed by atoms with E-state index in [4.69, 9.17) is 0 Å². The predicted molar refractivity (Wildman–Crippen MR) is 106 cm³/mol. The van der Waals surface area contributed by atoms with E-state index in [1.165, 1.54) is 41.1 Å². The highest BCUT2D eigenvalue weighted by atomic mass is 19.1. The number of halogens is 1. The lowest BCUT2D eigenvalue weighted by Crippen LogP contribution is -2.32. The van der Waals surface area contributed by atoms with Crippen molar-refractivity contribution in [3.05, 3.63) is 80.5 Å². The Morgan fingerprint density at radius 1 is 1.17 bits per heavy atom. The molecule has 0 aliphatic heterocycles. The van der Waals surface area contributed by atoms with E-state index in [1.54, 1.807) is 16.7 Å². The third-order valence-corrected chi connectivity index (χ3v) is 4.83. The summed E-state index contributed by atoms with van der Waals surface area (Å²) in [4.78, 5) is 35.1. The molecule has 4 rings (SSSR count). The molecule has 1 aliphatic carbocycles. The Kier molecular flexibility index (Phi) is 5.13. The molecule has 10 heteroatoms. The number of amides is 1. The van der Waals surface area contributed by atoms with Crippen molar-refractivity contribution in [2.75, 3.05) is 6.54 Å². The SMILES string of the molecule is O=C(NCCn1nc(-c2ccc(F)cc2)n(C2CC2)c1=O)c1ccc([N+](=O)[O-])cc1. The maximum absolute atomic E-state index is 13.2. The van der Waals surface area contributed by atoms with Gasteiger partial charge >= 0.3 is 5.69 Å². The van der Waals surface area contributed by atoms with Gasteiger partial charge in [0.2, 0.25) is 0 Å². The summed E-state index contributed by atoms with van der Waals surface area (Å²) >= 11 is 0. The molecule has 1 N–H and O–H groups in total. The van der Waals surface area contributed by atoms with Gasteiger partial charge in [0.25, 0.3) is 11.6 Å². The van der Waals surface area contributed by atoms with Gasteiger partial charge < -0.3 is 5.32 Å². The fourth-order valence-electron chi connectivity index (χ4n) is 3.14. The number of aromatic nitrogens is 3. The van der Waals surface area contributed by atoms with Crippen LogP contribution in [0.1, 0.15) is 29.2 Å². The first-order valence-corrected chi connectivity index (χ1v) is 9.42. The summed E-state index contributed by atoms with van der Waals surface area (Å²) in [6, 6.07) is 11.1. The second kappa shape index (κ2) is 7.90. The molecule has 1 amide bonds. The minimum absolute atomic E-state index is 0.0843. The molecule has 2 aromatic carbocycles. The van der Waals surface area contributed by atoms with E-state index >= 15 is 0 Å². The average molecular weight is 411 g/mol. The van der Waals surface area contributed by atoms with Crippen LogP contribution in [0.25, 0.3) is 11.4 Å². The topological polar surface area (TPSA) is 112 Å². The highest BCUT2D eigenvalue weighted by Crippen LogP contribution is 2.36. The van der Waals surface area contributed by atoms with Gasteiger partial charge in [-0.15, -0.1) is 5.10 Å². The quantitative estimate of drug-likeness (QED) is 0.474. The Morgan fingerprint density at radius 3 is 2.43 bits per heavy atom. The second-order valence-electron chi connectivity index (χ2n) is 7.00. The summed E-state index contributed by atoms with van der Waals surface area (Å²) in [6.45, 7) is 0.311. The van der Waals surface area contributed by atoms with Crippen molar-refractivity contribution in [2.45, 2.75) is 25.4 Å². The zero-order chi connectivity index (χ0) is 21.3. The van der Waals surface area contributed by atoms with Gasteiger partial charge in [-0.1, -0.05) is 0 Å². The minimum Gasteiger partial charge on any atom is -0.350 e. The van der Waals surface area contributed by atoms with Crippen molar-refractivity contribution < 1.29 is 14.1 Å². The summed E-state index contributed by atoms with van der Waals surface area (Å²) in [5, 5.41) is 17.8. The molecule has 0 spiro atoms. The van der Waals surface area contributed by atoms with Gasteiger partial charge in [-0.25, -0.2) is 13.9 Å². The molecule has 1 saturated carbocycles. The Bertz CT molecular complexity index is 1150. The van der Waals surface area contributed by atoms with Gasteiger partial charge in [0, 0.05) is 35.8 Å². The van der Waals surface area contributed by atoms with Crippen LogP contribution in [-0.2, 0) is 6.54 Å². The van der Waals surface area contributed by atoms with Crippen LogP contribution in [-0.4, -0.2) is 31.7 Å². The number of benzene rings is 2. The van der Waals surface area contributed by atoms with Crippen LogP contribution in [0.5, 0.6) is 0 Å². The predicted octanol–water partition coefficient (Wildman–Crippen LogP) is 2.52. The van der Waals surface area contributed by atoms with Gasteiger partial charge in [-0.3, -0.25) is 19.5 Å². The monoisotopic (exact) mass is 411 g/mol. The van der Waals surface area contributed by atoms with Crippen molar-refractivity contribution in [3.8, 4) is 11.4 Å². The van der Waals surface area contributed by atoms with Crippen LogP contribution >= 0.6 is 0 Å². The summed E-state index contributed by atoms with van der Waals surface area (Å²) in [5.74, 6) is -0.296. The first-order valence-electron chi connectivity index (χ1n) is 9.42. The molecule has 0 radical (unpaired) electrons. The van der Waals surface area contributed by atoms with E-state index in [9.17, 15) is 24.1 Å². The third kappa shape index (κ3) is 3.97. The minimum atomic E-state index is -0.539. The largest absolute Gasteiger partial charge is 0.350 e. The fraction of sp³-hybridized carbons (Fsp3) is 0.250. The average Bonchev–Trinajstić information content (AvgIpc) is 3.52. The molecule has 0 unspecified atom stereocenters. The van der Waals surface area contributed by atoms with E-state index in [-0.39, 0.29) is 41.9 Å². The Balaban J connectivity index is 1.46. The number of hydrogen-bond donors (Lipinski definition) is 1. The zero-order valence-electron chi connectivity index (χ0n) is 15.8. The summed E-state index contributed by atoms with van der Waals surface area (Å²) < 4.78 is 16.1. The lowest BCUT2D eigenvalue weighted by molar-refractivity contribution is -0.384. The number of carbonyl (C=O) groups excluding carboxylic acids is 1. The Labute approximate surface area is 169 Å². The molecule has 9 nitrogen and oxygen atoms in total. The summed E-state index contributed by atoms with van der Waals surface area (Å²) in [5.41, 5.74) is 0.552. The Morgan fingerprint density at radius 2 is 1.83 bits per heavy atom. The first-order chi connectivity index (χ1) is 14.4. The Hall–Kier alpha value is -3.82. The van der Waals surface area contributed by atoms with Crippen molar-refractivity contribution in [1.82, 2.24) is 19.7 Å². The van der Waals surface area contributed by atoms with E-state index in [0.29, 0.717) is 11.4 Å². The summed E-state index contributed by atoms with van der Waals surface area (Å²) in [7, 11) is 0. The van der Waals surface area contributed by atoms with Crippen molar-refractivity contribution >= 4 is 11.6 Å². The van der Waals surface area contributed by atoms with Crippen molar-refractivity contribution in [3.63, 3.8) is 0 Å². The molecular formula is C20H18FN5O4. The lowest BCUT2D eigenvalue weighted by Gasteiger charge is -2.04. The molecular weight excluding hydrogens is 393 g/mol. The summed E-state index contributed by atoms with van der Waals surface area (Å²) in [6.07, 6.45) is 1.77. The molecule has 154 valence electrons. The number of nitrogens with one attached hydrogen (secondary N) is 1. The van der Waals surface area contributed by atoms with Gasteiger partial charge in [0.05, 0.1) is 11.5 Å². The molecule has 1 aromatic heterocycles. The van der Waals surface area contributed by atoms with Gasteiger partial charge in [-0.2, -0.15) is 0 Å². The highest BCUT2D eigenvalue weighted by Gasteiger charge is 2.30. The normalized spacial score (nSPS) is 13.2. The van der Waals surface area contributed by atoms with Gasteiger partial charge in [0.15, 0.2) is 5.82 Å². The standard InChI is InChI=1S/C20H18FN5O4/c21-15-5-1-13(2-6-15)18-23-24(20(28)25(18)16-9-10-16)12-11-22-19(27)14-3-7-17(8-4-14)26(29)30/h1-8,16H,9-12H2,(H,22,27). The maximum Gasteiger partial charge on any atom is 0.346 e. The molecule has 0 bridgehead atoms. The van der Waals surface area contributed by atoms with Gasteiger partial charge in [-0.05, 0) is 49.2 Å². The number of nitrogens with zero attached hydrogens (tertiary/aromatic N) is 4. The second-order valence-corrected chi connectivity index (χ2v) is 7.00. The van der Waals surface area contributed by atoms with Gasteiger partial charge in [0.1, 0.15) is 5.82 Å². The van der Waals surface area contributed by atoms with Crippen LogP contribution in [0, 0.1) is 15.9 Å². The number of hydrogen-bond acceptors (Lipinski definition) is 5. The van der Waals surface area contributed by atoms with Crippen LogP contribution in [0.2, 0.25) is 0 Å². The lowest BCUT2D eigenvalue weighted by atomic mass is 10.2. The first kappa shape index (κ1) is 19.5. The number of rotatable bonds is 7. The molecule has 1 fully saturated rings.